The number of aromatic nitrogens is 2. The van der Waals surface area contributed by atoms with Gasteiger partial charge in [-0.3, -0.25) is 9.47 Å². The van der Waals surface area contributed by atoms with Crippen molar-refractivity contribution in [1.29, 1.82) is 0 Å². The van der Waals surface area contributed by atoms with Gasteiger partial charge in [-0.2, -0.15) is 11.3 Å². The van der Waals surface area contributed by atoms with Crippen LogP contribution in [-0.2, 0) is 13.1 Å². The minimum Gasteiger partial charge on any atom is -0.308 e. The van der Waals surface area contributed by atoms with E-state index in [9.17, 15) is 0 Å². The van der Waals surface area contributed by atoms with Crippen LogP contribution in [0.15, 0.2) is 46.7 Å². The summed E-state index contributed by atoms with van der Waals surface area (Å²) in [6, 6.07) is 6.51. The van der Waals surface area contributed by atoms with Crippen LogP contribution in [0.5, 0.6) is 0 Å². The summed E-state index contributed by atoms with van der Waals surface area (Å²) in [5, 5.41) is 7.45. The molecule has 6 heteroatoms. The van der Waals surface area contributed by atoms with E-state index in [2.05, 4.69) is 68.6 Å². The van der Waals surface area contributed by atoms with E-state index < -0.39 is 0 Å². The molecule has 0 radical (unpaired) electrons. The molecule has 4 nitrogen and oxygen atoms in total. The summed E-state index contributed by atoms with van der Waals surface area (Å²) in [6.45, 7) is 4.02. The molecule has 0 unspecified atom stereocenters. The van der Waals surface area contributed by atoms with Crippen molar-refractivity contribution in [3.8, 4) is 5.13 Å². The lowest BCUT2D eigenvalue weighted by atomic mass is 10.3. The maximum atomic E-state index is 4.43. The van der Waals surface area contributed by atoms with Gasteiger partial charge in [0.1, 0.15) is 0 Å². The zero-order chi connectivity index (χ0) is 16.1. The van der Waals surface area contributed by atoms with E-state index in [4.69, 9.17) is 0 Å². The number of rotatable bonds is 8. The molecule has 0 saturated heterocycles. The van der Waals surface area contributed by atoms with Crippen LogP contribution in [-0.4, -0.2) is 46.5 Å². The molecule has 0 fully saturated rings. The quantitative estimate of drug-likeness (QED) is 0.623. The second kappa shape index (κ2) is 7.88. The predicted molar refractivity (Wildman–Crippen MR) is 98.4 cm³/mol. The molecule has 3 aromatic rings. The number of thiophene rings is 1. The summed E-state index contributed by atoms with van der Waals surface area (Å²) in [5.41, 5.74) is 2.68. The molecule has 0 aromatic carbocycles. The second-order valence-corrected chi connectivity index (χ2v) is 7.48. The average Bonchev–Trinajstić information content (AvgIpc) is 3.26. The number of hydrogen-bond donors (Lipinski definition) is 0. The molecule has 0 N–H and O–H groups in total. The van der Waals surface area contributed by atoms with Crippen molar-refractivity contribution < 1.29 is 0 Å². The summed E-state index contributed by atoms with van der Waals surface area (Å²) in [6.07, 6.45) is 3.96. The molecular formula is C17H22N4S2. The first-order chi connectivity index (χ1) is 11.2. The van der Waals surface area contributed by atoms with E-state index in [1.165, 1.54) is 11.3 Å². The standard InChI is InChI=1S/C17H22N4S2/c1-19(2)8-9-20(12-15-5-10-22-14-15)13-16-4-3-7-21(16)17-18-6-11-23-17/h3-7,10-11,14H,8-9,12-13H2,1-2H3. The molecule has 0 aliphatic rings. The van der Waals surface area contributed by atoms with Crippen molar-refractivity contribution in [2.45, 2.75) is 13.1 Å². The Morgan fingerprint density at radius 1 is 1.13 bits per heavy atom. The smallest absolute Gasteiger partial charge is 0.193 e. The van der Waals surface area contributed by atoms with Crippen molar-refractivity contribution in [3.05, 3.63) is 58.0 Å². The third-order valence-electron chi connectivity index (χ3n) is 3.69. The van der Waals surface area contributed by atoms with Gasteiger partial charge in [0, 0.05) is 49.6 Å². The molecule has 3 rings (SSSR count). The Hall–Kier alpha value is -1.47. The first-order valence-corrected chi connectivity index (χ1v) is 9.49. The number of nitrogens with zero attached hydrogens (tertiary/aromatic N) is 4. The van der Waals surface area contributed by atoms with Gasteiger partial charge in [0.15, 0.2) is 5.13 Å². The highest BCUT2D eigenvalue weighted by Gasteiger charge is 2.12. The lowest BCUT2D eigenvalue weighted by molar-refractivity contribution is 0.223. The van der Waals surface area contributed by atoms with Gasteiger partial charge < -0.3 is 4.90 Å². The Kier molecular flexibility index (Phi) is 5.61. The molecule has 0 spiro atoms. The van der Waals surface area contributed by atoms with E-state index >= 15 is 0 Å². The van der Waals surface area contributed by atoms with Crippen LogP contribution in [0.1, 0.15) is 11.3 Å². The fourth-order valence-electron chi connectivity index (χ4n) is 2.49. The summed E-state index contributed by atoms with van der Waals surface area (Å²) in [5.74, 6) is 0. The lowest BCUT2D eigenvalue weighted by Gasteiger charge is -2.24. The van der Waals surface area contributed by atoms with Crippen LogP contribution in [0.3, 0.4) is 0 Å². The Labute approximate surface area is 145 Å². The van der Waals surface area contributed by atoms with E-state index in [1.807, 2.05) is 11.6 Å². The van der Waals surface area contributed by atoms with Crippen molar-refractivity contribution in [1.82, 2.24) is 19.4 Å². The molecule has 0 atom stereocenters. The van der Waals surface area contributed by atoms with Crippen molar-refractivity contribution in [2.75, 3.05) is 27.2 Å². The summed E-state index contributed by atoms with van der Waals surface area (Å²) >= 11 is 3.44. The second-order valence-electron chi connectivity index (χ2n) is 5.83. The lowest BCUT2D eigenvalue weighted by Crippen LogP contribution is -2.31. The third-order valence-corrected chi connectivity index (χ3v) is 5.20. The normalized spacial score (nSPS) is 11.7. The Morgan fingerprint density at radius 3 is 2.74 bits per heavy atom. The maximum Gasteiger partial charge on any atom is 0.193 e. The van der Waals surface area contributed by atoms with Crippen molar-refractivity contribution in [2.24, 2.45) is 0 Å². The molecule has 0 aliphatic heterocycles. The summed E-state index contributed by atoms with van der Waals surface area (Å²) in [4.78, 5) is 9.17. The van der Waals surface area contributed by atoms with Crippen LogP contribution in [0.2, 0.25) is 0 Å². The minimum atomic E-state index is 0.927. The molecule has 0 amide bonds. The molecule has 0 saturated carbocycles. The predicted octanol–water partition coefficient (Wildman–Crippen LogP) is 3.56. The summed E-state index contributed by atoms with van der Waals surface area (Å²) in [7, 11) is 4.25. The molecule has 3 heterocycles. The third kappa shape index (κ3) is 4.51. The van der Waals surface area contributed by atoms with Crippen LogP contribution >= 0.6 is 22.7 Å². The van der Waals surface area contributed by atoms with Crippen LogP contribution in [0.25, 0.3) is 5.13 Å². The van der Waals surface area contributed by atoms with Gasteiger partial charge in [-0.05, 0) is 48.6 Å². The molecular weight excluding hydrogens is 324 g/mol. The zero-order valence-electron chi connectivity index (χ0n) is 13.6. The van der Waals surface area contributed by atoms with E-state index in [1.54, 1.807) is 22.7 Å². The van der Waals surface area contributed by atoms with Crippen LogP contribution in [0, 0.1) is 0 Å². The fraction of sp³-hybridized carbons (Fsp3) is 0.353. The zero-order valence-corrected chi connectivity index (χ0v) is 15.2. The Morgan fingerprint density at radius 2 is 2.04 bits per heavy atom. The topological polar surface area (TPSA) is 24.3 Å². The summed E-state index contributed by atoms with van der Waals surface area (Å²) < 4.78 is 2.20. The fourth-order valence-corrected chi connectivity index (χ4v) is 3.81. The molecule has 23 heavy (non-hydrogen) atoms. The van der Waals surface area contributed by atoms with Gasteiger partial charge in [0.2, 0.25) is 0 Å². The van der Waals surface area contributed by atoms with Gasteiger partial charge in [0.05, 0.1) is 0 Å². The minimum absolute atomic E-state index is 0.927. The first-order valence-electron chi connectivity index (χ1n) is 7.66. The van der Waals surface area contributed by atoms with Gasteiger partial charge in [0.25, 0.3) is 0 Å². The SMILES string of the molecule is CN(C)CCN(Cc1ccsc1)Cc1cccn1-c1nccs1. The number of thiazole rings is 1. The largest absolute Gasteiger partial charge is 0.308 e. The Balaban J connectivity index is 1.74. The highest BCUT2D eigenvalue weighted by Crippen LogP contribution is 2.18. The van der Waals surface area contributed by atoms with Crippen molar-refractivity contribution in [3.63, 3.8) is 0 Å². The van der Waals surface area contributed by atoms with E-state index in [0.717, 1.165) is 31.3 Å². The van der Waals surface area contributed by atoms with E-state index in [0.29, 0.717) is 0 Å². The monoisotopic (exact) mass is 346 g/mol. The van der Waals surface area contributed by atoms with Crippen molar-refractivity contribution >= 4 is 22.7 Å². The molecule has 0 aliphatic carbocycles. The van der Waals surface area contributed by atoms with E-state index in [-0.39, 0.29) is 0 Å². The highest BCUT2D eigenvalue weighted by molar-refractivity contribution is 7.12. The van der Waals surface area contributed by atoms with Crippen LogP contribution in [0.4, 0.5) is 0 Å². The maximum absolute atomic E-state index is 4.43. The molecule has 3 aromatic heterocycles. The highest BCUT2D eigenvalue weighted by atomic mass is 32.1. The average molecular weight is 347 g/mol. The Bertz CT molecular complexity index is 686. The van der Waals surface area contributed by atoms with Gasteiger partial charge in [-0.1, -0.05) is 0 Å². The molecule has 0 bridgehead atoms. The molecule has 122 valence electrons. The van der Waals surface area contributed by atoms with Gasteiger partial charge >= 0.3 is 0 Å². The first kappa shape index (κ1) is 16.4. The van der Waals surface area contributed by atoms with Gasteiger partial charge in [-0.25, -0.2) is 4.98 Å². The van der Waals surface area contributed by atoms with Crippen LogP contribution < -0.4 is 0 Å². The number of hydrogen-bond acceptors (Lipinski definition) is 5. The van der Waals surface area contributed by atoms with Gasteiger partial charge in [-0.15, -0.1) is 11.3 Å². The number of likely N-dealkylation sites (N-methyl/N-ethyl adjacent to an activating group) is 1.